The van der Waals surface area contributed by atoms with Gasteiger partial charge in [0.2, 0.25) is 0 Å². The predicted molar refractivity (Wildman–Crippen MR) is 59.4 cm³/mol. The average Bonchev–Trinajstić information content (AvgIpc) is 2.24. The van der Waals surface area contributed by atoms with Crippen molar-refractivity contribution in [3.63, 3.8) is 0 Å². The number of methoxy groups -OCH3 is 1. The summed E-state index contributed by atoms with van der Waals surface area (Å²) in [6, 6.07) is 1.49. The van der Waals surface area contributed by atoms with E-state index in [9.17, 15) is 4.79 Å². The van der Waals surface area contributed by atoms with Crippen LogP contribution >= 0.6 is 0 Å². The summed E-state index contributed by atoms with van der Waals surface area (Å²) < 4.78 is 4.97. The summed E-state index contributed by atoms with van der Waals surface area (Å²) in [6.07, 6.45) is 0.723. The largest absolute Gasteiger partial charge is 0.383 e. The standard InChI is InChI=1S/C10H17N3O2/c1-4-8-11-9(7-10(14)12-8)13(2)5-6-15-3/h7H,4-6H2,1-3H3,(H,11,12,14). The van der Waals surface area contributed by atoms with Gasteiger partial charge in [0, 0.05) is 33.2 Å². The van der Waals surface area contributed by atoms with Crippen LogP contribution in [0.2, 0.25) is 0 Å². The van der Waals surface area contributed by atoms with Crippen molar-refractivity contribution in [3.05, 3.63) is 22.2 Å². The van der Waals surface area contributed by atoms with Crippen molar-refractivity contribution in [2.45, 2.75) is 13.3 Å². The molecular weight excluding hydrogens is 194 g/mol. The molecule has 0 bridgehead atoms. The Morgan fingerprint density at radius 2 is 2.33 bits per heavy atom. The van der Waals surface area contributed by atoms with E-state index in [1.165, 1.54) is 6.07 Å². The second-order valence-corrected chi connectivity index (χ2v) is 3.32. The van der Waals surface area contributed by atoms with Crippen LogP contribution in [0.15, 0.2) is 10.9 Å². The lowest BCUT2D eigenvalue weighted by Gasteiger charge is -2.17. The smallest absolute Gasteiger partial charge is 0.252 e. The van der Waals surface area contributed by atoms with E-state index < -0.39 is 0 Å². The summed E-state index contributed by atoms with van der Waals surface area (Å²) in [6.45, 7) is 3.29. The molecule has 5 nitrogen and oxygen atoms in total. The average molecular weight is 211 g/mol. The van der Waals surface area contributed by atoms with Gasteiger partial charge in [0.25, 0.3) is 5.56 Å². The number of nitrogens with zero attached hydrogens (tertiary/aromatic N) is 2. The Bertz CT molecular complexity index is 362. The van der Waals surface area contributed by atoms with E-state index in [-0.39, 0.29) is 5.56 Å². The quantitative estimate of drug-likeness (QED) is 0.766. The molecule has 5 heteroatoms. The van der Waals surface area contributed by atoms with E-state index in [2.05, 4.69) is 9.97 Å². The summed E-state index contributed by atoms with van der Waals surface area (Å²) >= 11 is 0. The van der Waals surface area contributed by atoms with Gasteiger partial charge < -0.3 is 14.6 Å². The van der Waals surface area contributed by atoms with Crippen LogP contribution in [-0.4, -0.2) is 37.3 Å². The van der Waals surface area contributed by atoms with Crippen molar-refractivity contribution in [1.82, 2.24) is 9.97 Å². The lowest BCUT2D eigenvalue weighted by Crippen LogP contribution is -2.25. The maximum Gasteiger partial charge on any atom is 0.252 e. The van der Waals surface area contributed by atoms with Crippen LogP contribution in [0.3, 0.4) is 0 Å². The van der Waals surface area contributed by atoms with Crippen LogP contribution in [0.1, 0.15) is 12.7 Å². The van der Waals surface area contributed by atoms with Gasteiger partial charge in [-0.25, -0.2) is 4.98 Å². The molecule has 0 spiro atoms. The molecule has 1 aromatic heterocycles. The molecule has 0 aliphatic heterocycles. The third kappa shape index (κ3) is 3.36. The lowest BCUT2D eigenvalue weighted by atomic mass is 10.4. The highest BCUT2D eigenvalue weighted by atomic mass is 16.5. The van der Waals surface area contributed by atoms with Crippen molar-refractivity contribution in [2.75, 3.05) is 32.2 Å². The fourth-order valence-electron chi connectivity index (χ4n) is 1.20. The molecule has 1 heterocycles. The van der Waals surface area contributed by atoms with Gasteiger partial charge in [-0.1, -0.05) is 6.92 Å². The number of rotatable bonds is 5. The SMILES string of the molecule is CCc1nc(N(C)CCOC)cc(=O)[nH]1. The normalized spacial score (nSPS) is 10.3. The number of aryl methyl sites for hydroxylation is 1. The molecule has 0 saturated heterocycles. The van der Waals surface area contributed by atoms with Crippen molar-refractivity contribution in [3.8, 4) is 0 Å². The van der Waals surface area contributed by atoms with Crippen molar-refractivity contribution < 1.29 is 4.74 Å². The van der Waals surface area contributed by atoms with Gasteiger partial charge in [0.1, 0.15) is 11.6 Å². The van der Waals surface area contributed by atoms with Gasteiger partial charge in [-0.05, 0) is 0 Å². The highest BCUT2D eigenvalue weighted by Crippen LogP contribution is 2.04. The van der Waals surface area contributed by atoms with Crippen molar-refractivity contribution in [1.29, 1.82) is 0 Å². The van der Waals surface area contributed by atoms with Crippen LogP contribution in [0.4, 0.5) is 5.82 Å². The minimum atomic E-state index is -0.110. The lowest BCUT2D eigenvalue weighted by molar-refractivity contribution is 0.206. The van der Waals surface area contributed by atoms with Gasteiger partial charge in [-0.3, -0.25) is 4.79 Å². The number of nitrogens with one attached hydrogen (secondary N) is 1. The van der Waals surface area contributed by atoms with E-state index in [1.54, 1.807) is 7.11 Å². The molecule has 0 amide bonds. The Morgan fingerprint density at radius 3 is 2.93 bits per heavy atom. The van der Waals surface area contributed by atoms with Gasteiger partial charge in [0.15, 0.2) is 0 Å². The number of ether oxygens (including phenoxy) is 1. The Morgan fingerprint density at radius 1 is 1.60 bits per heavy atom. The first-order valence-corrected chi connectivity index (χ1v) is 4.97. The number of anilines is 1. The minimum Gasteiger partial charge on any atom is -0.383 e. The fourth-order valence-corrected chi connectivity index (χ4v) is 1.20. The number of likely N-dealkylation sites (N-methyl/N-ethyl adjacent to an activating group) is 1. The molecule has 0 atom stereocenters. The van der Waals surface area contributed by atoms with Crippen LogP contribution < -0.4 is 10.5 Å². The molecule has 0 unspecified atom stereocenters. The Labute approximate surface area is 89.1 Å². The van der Waals surface area contributed by atoms with Gasteiger partial charge in [-0.15, -0.1) is 0 Å². The predicted octanol–water partition coefficient (Wildman–Crippen LogP) is 0.415. The molecule has 0 radical (unpaired) electrons. The minimum absolute atomic E-state index is 0.110. The molecule has 1 rings (SSSR count). The molecule has 1 aromatic rings. The van der Waals surface area contributed by atoms with Crippen molar-refractivity contribution >= 4 is 5.82 Å². The highest BCUT2D eigenvalue weighted by molar-refractivity contribution is 5.36. The van der Waals surface area contributed by atoms with E-state index >= 15 is 0 Å². The van der Waals surface area contributed by atoms with Crippen LogP contribution in [0.25, 0.3) is 0 Å². The Balaban J connectivity index is 2.83. The van der Waals surface area contributed by atoms with E-state index in [1.807, 2.05) is 18.9 Å². The molecule has 0 fully saturated rings. The second-order valence-electron chi connectivity index (χ2n) is 3.32. The van der Waals surface area contributed by atoms with Gasteiger partial charge in [0.05, 0.1) is 6.61 Å². The number of aromatic amines is 1. The first kappa shape index (κ1) is 11.7. The fraction of sp³-hybridized carbons (Fsp3) is 0.600. The summed E-state index contributed by atoms with van der Waals surface area (Å²) in [4.78, 5) is 20.2. The molecular formula is C10H17N3O2. The Kier molecular flexibility index (Phi) is 4.30. The molecule has 0 aromatic carbocycles. The van der Waals surface area contributed by atoms with Crippen LogP contribution in [0.5, 0.6) is 0 Å². The third-order valence-electron chi connectivity index (χ3n) is 2.13. The number of aromatic nitrogens is 2. The second kappa shape index (κ2) is 5.50. The van der Waals surface area contributed by atoms with E-state index in [4.69, 9.17) is 4.74 Å². The highest BCUT2D eigenvalue weighted by Gasteiger charge is 2.04. The number of hydrogen-bond acceptors (Lipinski definition) is 4. The zero-order valence-electron chi connectivity index (χ0n) is 9.41. The maximum atomic E-state index is 11.3. The first-order valence-electron chi connectivity index (χ1n) is 4.97. The van der Waals surface area contributed by atoms with E-state index in [0.29, 0.717) is 18.2 Å². The topological polar surface area (TPSA) is 58.2 Å². The number of H-pyrrole nitrogens is 1. The first-order chi connectivity index (χ1) is 7.17. The van der Waals surface area contributed by atoms with E-state index in [0.717, 1.165) is 13.0 Å². The van der Waals surface area contributed by atoms with Crippen molar-refractivity contribution in [2.24, 2.45) is 0 Å². The summed E-state index contributed by atoms with van der Waals surface area (Å²) in [5.41, 5.74) is -0.110. The van der Waals surface area contributed by atoms with Gasteiger partial charge >= 0.3 is 0 Å². The summed E-state index contributed by atoms with van der Waals surface area (Å²) in [5, 5.41) is 0. The molecule has 15 heavy (non-hydrogen) atoms. The molecule has 0 aliphatic rings. The number of hydrogen-bond donors (Lipinski definition) is 1. The summed E-state index contributed by atoms with van der Waals surface area (Å²) in [5.74, 6) is 1.40. The summed E-state index contributed by atoms with van der Waals surface area (Å²) in [7, 11) is 3.54. The monoisotopic (exact) mass is 211 g/mol. The molecule has 1 N–H and O–H groups in total. The molecule has 0 saturated carbocycles. The zero-order valence-corrected chi connectivity index (χ0v) is 9.41. The van der Waals surface area contributed by atoms with Crippen LogP contribution in [0, 0.1) is 0 Å². The third-order valence-corrected chi connectivity index (χ3v) is 2.13. The maximum absolute atomic E-state index is 11.3. The van der Waals surface area contributed by atoms with Crippen LogP contribution in [-0.2, 0) is 11.2 Å². The Hall–Kier alpha value is -1.36. The molecule has 84 valence electrons. The zero-order chi connectivity index (χ0) is 11.3. The van der Waals surface area contributed by atoms with Gasteiger partial charge in [-0.2, -0.15) is 0 Å². The molecule has 0 aliphatic carbocycles.